The number of aliphatic hydroxyl groups excluding tert-OH is 1. The van der Waals surface area contributed by atoms with E-state index in [-0.39, 0.29) is 18.1 Å². The van der Waals surface area contributed by atoms with Gasteiger partial charge in [-0.2, -0.15) is 4.98 Å². The fourth-order valence-corrected chi connectivity index (χ4v) is 2.58. The molecule has 10 heteroatoms. The van der Waals surface area contributed by atoms with Gasteiger partial charge in [-0.1, -0.05) is 20.8 Å². The van der Waals surface area contributed by atoms with Gasteiger partial charge in [-0.05, 0) is 11.5 Å². The second-order valence-corrected chi connectivity index (χ2v) is 7.39. The van der Waals surface area contributed by atoms with Crippen molar-refractivity contribution in [1.82, 2.24) is 9.55 Å². The van der Waals surface area contributed by atoms with Gasteiger partial charge in [-0.15, -0.1) is 11.6 Å². The second-order valence-electron chi connectivity index (χ2n) is 7.12. The van der Waals surface area contributed by atoms with Crippen molar-refractivity contribution in [3.05, 3.63) is 22.7 Å². The van der Waals surface area contributed by atoms with Crippen LogP contribution in [0.25, 0.3) is 0 Å². The molecule has 1 aromatic rings. The summed E-state index contributed by atoms with van der Waals surface area (Å²) >= 11 is 5.87. The number of nitrogens with two attached hydrogens (primary N) is 1. The third-order valence-corrected chi connectivity index (χ3v) is 4.17. The molecular formula is C16H25ClFN3O5. The lowest BCUT2D eigenvalue weighted by Crippen LogP contribution is -2.55. The maximum atomic E-state index is 15.2. The van der Waals surface area contributed by atoms with Crippen LogP contribution in [0.1, 0.15) is 33.5 Å². The number of aromatic nitrogens is 2. The van der Waals surface area contributed by atoms with E-state index in [9.17, 15) is 14.7 Å². The van der Waals surface area contributed by atoms with E-state index in [2.05, 4.69) is 4.98 Å². The van der Waals surface area contributed by atoms with E-state index in [0.29, 0.717) is 4.57 Å². The van der Waals surface area contributed by atoms with Gasteiger partial charge < -0.3 is 20.3 Å². The van der Waals surface area contributed by atoms with Crippen LogP contribution in [0.4, 0.5) is 10.2 Å². The number of methoxy groups -OCH3 is 1. The topological polar surface area (TPSA) is 117 Å². The predicted molar refractivity (Wildman–Crippen MR) is 94.6 cm³/mol. The fourth-order valence-electron chi connectivity index (χ4n) is 2.23. The predicted octanol–water partition coefficient (Wildman–Crippen LogP) is 1.26. The van der Waals surface area contributed by atoms with Crippen LogP contribution in [-0.2, 0) is 14.3 Å². The summed E-state index contributed by atoms with van der Waals surface area (Å²) in [4.78, 5) is 27.6. The van der Waals surface area contributed by atoms with Crippen LogP contribution < -0.4 is 11.4 Å². The van der Waals surface area contributed by atoms with Gasteiger partial charge in [0.1, 0.15) is 11.4 Å². The number of carbonyl (C=O) groups excluding carboxylic acids is 1. The average Bonchev–Trinajstić information content (AvgIpc) is 2.53. The lowest BCUT2D eigenvalue weighted by molar-refractivity contribution is -0.192. The fraction of sp³-hybridized carbons (Fsp3) is 0.688. The summed E-state index contributed by atoms with van der Waals surface area (Å²) in [5.41, 5.74) is 2.25. The molecule has 0 saturated heterocycles. The van der Waals surface area contributed by atoms with Crippen molar-refractivity contribution < 1.29 is 23.8 Å². The molecule has 0 saturated carbocycles. The summed E-state index contributed by atoms with van der Waals surface area (Å²) in [5, 5.41) is 9.71. The van der Waals surface area contributed by atoms with Gasteiger partial charge in [-0.25, -0.2) is 9.18 Å². The number of carbonyl (C=O) groups is 1. The maximum Gasteiger partial charge on any atom is 0.351 e. The van der Waals surface area contributed by atoms with Crippen molar-refractivity contribution in [1.29, 1.82) is 0 Å². The van der Waals surface area contributed by atoms with E-state index in [0.717, 1.165) is 6.20 Å². The number of esters is 1. The molecule has 0 aromatic carbocycles. The van der Waals surface area contributed by atoms with Crippen molar-refractivity contribution in [2.75, 3.05) is 25.3 Å². The van der Waals surface area contributed by atoms with E-state index >= 15 is 4.39 Å². The number of nitrogens with zero attached hydrogens (tertiary/aromatic N) is 2. The minimum Gasteiger partial charge on any atom is -0.454 e. The number of hydrogen-bond acceptors (Lipinski definition) is 7. The molecule has 148 valence electrons. The largest absolute Gasteiger partial charge is 0.454 e. The SMILES string of the molecule is CO[C@@](CO)(CCl)[C@@H](OC(=O)CC(C)(C)C)[C@@H](F)n1ccc(N)nc1=O. The van der Waals surface area contributed by atoms with Crippen molar-refractivity contribution in [3.63, 3.8) is 0 Å². The lowest BCUT2D eigenvalue weighted by atomic mass is 9.92. The molecule has 1 rings (SSSR count). The zero-order valence-corrected chi connectivity index (χ0v) is 16.0. The molecular weight excluding hydrogens is 369 g/mol. The molecule has 0 aliphatic heterocycles. The zero-order valence-electron chi connectivity index (χ0n) is 15.2. The van der Waals surface area contributed by atoms with Crippen LogP contribution in [0.2, 0.25) is 0 Å². The molecule has 1 aromatic heterocycles. The molecule has 1 heterocycles. The average molecular weight is 394 g/mol. The highest BCUT2D eigenvalue weighted by Gasteiger charge is 2.47. The van der Waals surface area contributed by atoms with Gasteiger partial charge in [0.05, 0.1) is 18.9 Å². The Hall–Kier alpha value is -1.71. The molecule has 0 amide bonds. The van der Waals surface area contributed by atoms with Crippen LogP contribution in [0, 0.1) is 5.41 Å². The van der Waals surface area contributed by atoms with Gasteiger partial charge in [0.2, 0.25) is 6.30 Å². The van der Waals surface area contributed by atoms with E-state index in [4.69, 9.17) is 26.8 Å². The summed E-state index contributed by atoms with van der Waals surface area (Å²) in [6, 6.07) is 1.22. The quantitative estimate of drug-likeness (QED) is 0.504. The number of aliphatic hydroxyl groups is 1. The molecule has 26 heavy (non-hydrogen) atoms. The molecule has 0 fully saturated rings. The number of nitrogen functional groups attached to an aromatic ring is 1. The third-order valence-electron chi connectivity index (χ3n) is 3.72. The minimum atomic E-state index is -2.20. The third kappa shape index (κ3) is 5.39. The summed E-state index contributed by atoms with van der Waals surface area (Å²) in [6.07, 6.45) is -2.83. The molecule has 0 spiro atoms. The highest BCUT2D eigenvalue weighted by Crippen LogP contribution is 2.31. The van der Waals surface area contributed by atoms with E-state index in [1.807, 2.05) is 20.8 Å². The molecule has 3 atom stereocenters. The van der Waals surface area contributed by atoms with Gasteiger partial charge in [0.15, 0.2) is 6.10 Å². The number of halogens is 2. The Bertz CT molecular complexity index is 664. The molecule has 8 nitrogen and oxygen atoms in total. The van der Waals surface area contributed by atoms with E-state index < -0.39 is 41.7 Å². The van der Waals surface area contributed by atoms with Gasteiger partial charge in [-0.3, -0.25) is 9.36 Å². The van der Waals surface area contributed by atoms with Gasteiger partial charge in [0.25, 0.3) is 0 Å². The van der Waals surface area contributed by atoms with Crippen LogP contribution in [-0.4, -0.2) is 51.9 Å². The first-order chi connectivity index (χ1) is 12.0. The number of anilines is 1. The Labute approximate surface area is 156 Å². The summed E-state index contributed by atoms with van der Waals surface area (Å²) in [7, 11) is 1.19. The smallest absolute Gasteiger partial charge is 0.351 e. The Balaban J connectivity index is 3.30. The highest BCUT2D eigenvalue weighted by molar-refractivity contribution is 6.18. The number of hydrogen-bond donors (Lipinski definition) is 2. The first-order valence-corrected chi connectivity index (χ1v) is 8.43. The highest BCUT2D eigenvalue weighted by atomic mass is 35.5. The van der Waals surface area contributed by atoms with Crippen LogP contribution >= 0.6 is 11.6 Å². The molecule has 0 aliphatic rings. The van der Waals surface area contributed by atoms with E-state index in [1.165, 1.54) is 13.2 Å². The minimum absolute atomic E-state index is 0.0153. The Morgan fingerprint density at radius 3 is 2.54 bits per heavy atom. The van der Waals surface area contributed by atoms with Crippen molar-refractivity contribution in [2.45, 2.75) is 45.2 Å². The van der Waals surface area contributed by atoms with Crippen LogP contribution in [0.3, 0.4) is 0 Å². The Kier molecular flexibility index (Phi) is 7.55. The van der Waals surface area contributed by atoms with Gasteiger partial charge >= 0.3 is 11.7 Å². The van der Waals surface area contributed by atoms with Crippen LogP contribution in [0.5, 0.6) is 0 Å². The standard InChI is InChI=1S/C16H25ClFN3O5/c1-15(2,3)7-11(23)26-12(16(8-17,9-22)25-4)13(18)21-6-5-10(19)20-14(21)24/h5-6,12-13,22H,7-9H2,1-4H3,(H2,19,20,24)/t12-,13-,16+/m0/s1. The first-order valence-electron chi connectivity index (χ1n) is 7.90. The molecule has 0 aliphatic carbocycles. The summed E-state index contributed by atoms with van der Waals surface area (Å²) in [6.45, 7) is 4.68. The molecule has 0 unspecified atom stereocenters. The first kappa shape index (κ1) is 22.3. The summed E-state index contributed by atoms with van der Waals surface area (Å²) < 4.78 is 26.2. The second kappa shape index (κ2) is 8.79. The monoisotopic (exact) mass is 393 g/mol. The molecule has 0 bridgehead atoms. The zero-order chi connectivity index (χ0) is 20.1. The van der Waals surface area contributed by atoms with Crippen molar-refractivity contribution in [3.8, 4) is 0 Å². The number of ether oxygens (including phenoxy) is 2. The van der Waals surface area contributed by atoms with Crippen LogP contribution in [0.15, 0.2) is 17.1 Å². The Morgan fingerprint density at radius 1 is 1.50 bits per heavy atom. The van der Waals surface area contributed by atoms with E-state index in [1.54, 1.807) is 0 Å². The maximum absolute atomic E-state index is 15.2. The van der Waals surface area contributed by atoms with Gasteiger partial charge in [0, 0.05) is 13.3 Å². The normalized spacial score (nSPS) is 16.6. The number of rotatable bonds is 8. The molecule has 0 radical (unpaired) electrons. The number of alkyl halides is 2. The summed E-state index contributed by atoms with van der Waals surface area (Å²) in [5.74, 6) is -1.19. The Morgan fingerprint density at radius 2 is 2.12 bits per heavy atom. The lowest BCUT2D eigenvalue weighted by Gasteiger charge is -2.38. The van der Waals surface area contributed by atoms with Crippen molar-refractivity contribution >= 4 is 23.4 Å². The van der Waals surface area contributed by atoms with Crippen molar-refractivity contribution in [2.24, 2.45) is 5.41 Å². The molecule has 3 N–H and O–H groups in total.